The zero-order chi connectivity index (χ0) is 24.6. The summed E-state index contributed by atoms with van der Waals surface area (Å²) in [7, 11) is -4.17. The first-order valence-electron chi connectivity index (χ1n) is 10.8. The monoisotopic (exact) mass is 515 g/mol. The molecule has 0 amide bonds. The van der Waals surface area contributed by atoms with Gasteiger partial charge in [0.15, 0.2) is 0 Å². The van der Waals surface area contributed by atoms with Gasteiger partial charge in [-0.15, -0.1) is 0 Å². The van der Waals surface area contributed by atoms with Crippen LogP contribution in [-0.2, 0) is 9.84 Å². The van der Waals surface area contributed by atoms with Gasteiger partial charge in [-0.25, -0.2) is 17.2 Å². The van der Waals surface area contributed by atoms with Gasteiger partial charge in [0, 0.05) is 36.9 Å². The minimum Gasteiger partial charge on any atom is -0.419 e. The highest BCUT2D eigenvalue weighted by Gasteiger charge is 2.33. The molecule has 5 rings (SSSR count). The van der Waals surface area contributed by atoms with Crippen molar-refractivity contribution < 1.29 is 21.6 Å². The molecule has 0 atom stereocenters. The summed E-state index contributed by atoms with van der Waals surface area (Å²) < 4.78 is 60.7. The highest BCUT2D eigenvalue weighted by Crippen LogP contribution is 2.36. The average molecular weight is 516 g/mol. The van der Waals surface area contributed by atoms with Crippen molar-refractivity contribution in [1.82, 2.24) is 4.98 Å². The molecule has 1 saturated heterocycles. The van der Waals surface area contributed by atoms with Gasteiger partial charge < -0.3 is 14.2 Å². The van der Waals surface area contributed by atoms with E-state index < -0.39 is 21.5 Å². The van der Waals surface area contributed by atoms with Gasteiger partial charge in [-0.2, -0.15) is 4.98 Å². The molecule has 6 nitrogen and oxygen atoms in total. The fraction of sp³-hybridized carbons (Fsp3) is 0.160. The Morgan fingerprint density at radius 3 is 2.23 bits per heavy atom. The molecule has 2 heterocycles. The molecular weight excluding hydrogens is 496 g/mol. The van der Waals surface area contributed by atoms with E-state index in [1.54, 1.807) is 17.0 Å². The summed E-state index contributed by atoms with van der Waals surface area (Å²) >= 11 is 6.12. The second-order valence-electron chi connectivity index (χ2n) is 8.02. The zero-order valence-corrected chi connectivity index (χ0v) is 19.9. The molecule has 180 valence electrons. The van der Waals surface area contributed by atoms with Crippen LogP contribution in [0.4, 0.5) is 20.4 Å². The Kier molecular flexibility index (Phi) is 6.21. The number of oxazole rings is 1. The number of halogens is 3. The summed E-state index contributed by atoms with van der Waals surface area (Å²) in [6, 6.07) is 17.8. The average Bonchev–Trinajstić information content (AvgIpc) is 3.31. The molecule has 35 heavy (non-hydrogen) atoms. The third-order valence-corrected chi connectivity index (χ3v) is 7.71. The van der Waals surface area contributed by atoms with Crippen molar-refractivity contribution in [2.24, 2.45) is 0 Å². The van der Waals surface area contributed by atoms with Crippen LogP contribution in [0.1, 0.15) is 0 Å². The highest BCUT2D eigenvalue weighted by atomic mass is 35.5. The molecule has 0 unspecified atom stereocenters. The first kappa shape index (κ1) is 23.3. The van der Waals surface area contributed by atoms with Crippen molar-refractivity contribution in [3.63, 3.8) is 0 Å². The lowest BCUT2D eigenvalue weighted by Crippen LogP contribution is -2.46. The number of benzene rings is 3. The molecular formula is C25H20ClF2N3O3S. The van der Waals surface area contributed by atoms with Crippen LogP contribution in [0, 0.1) is 11.6 Å². The molecule has 10 heteroatoms. The molecule has 0 aliphatic carbocycles. The van der Waals surface area contributed by atoms with Crippen LogP contribution in [0.25, 0.3) is 11.5 Å². The molecule has 4 aromatic rings. The van der Waals surface area contributed by atoms with Crippen LogP contribution in [0.2, 0.25) is 5.02 Å². The van der Waals surface area contributed by atoms with E-state index >= 15 is 0 Å². The first-order chi connectivity index (χ1) is 16.8. The van der Waals surface area contributed by atoms with Gasteiger partial charge in [0.2, 0.25) is 26.6 Å². The molecule has 1 aliphatic rings. The Balaban J connectivity index is 1.52. The van der Waals surface area contributed by atoms with Gasteiger partial charge in [0.05, 0.1) is 10.5 Å². The van der Waals surface area contributed by atoms with Gasteiger partial charge in [-0.3, -0.25) is 0 Å². The summed E-state index contributed by atoms with van der Waals surface area (Å²) in [6.45, 7) is 2.02. The van der Waals surface area contributed by atoms with Gasteiger partial charge in [-0.1, -0.05) is 29.8 Å². The Bertz CT molecular complexity index is 1470. The van der Waals surface area contributed by atoms with Crippen molar-refractivity contribution in [2.75, 3.05) is 36.0 Å². The minimum atomic E-state index is -4.17. The molecule has 0 bridgehead atoms. The third-order valence-electron chi connectivity index (χ3n) is 5.80. The third kappa shape index (κ3) is 4.61. The van der Waals surface area contributed by atoms with Crippen molar-refractivity contribution in [3.05, 3.63) is 89.5 Å². The Morgan fingerprint density at radius 2 is 1.54 bits per heavy atom. The summed E-state index contributed by atoms with van der Waals surface area (Å²) in [4.78, 5) is 7.98. The topological polar surface area (TPSA) is 66.7 Å². The second-order valence-corrected chi connectivity index (χ2v) is 10.3. The smallest absolute Gasteiger partial charge is 0.236 e. The van der Waals surface area contributed by atoms with E-state index in [0.717, 1.165) is 17.8 Å². The van der Waals surface area contributed by atoms with E-state index in [2.05, 4.69) is 9.88 Å². The minimum absolute atomic E-state index is 0.0262. The van der Waals surface area contributed by atoms with E-state index in [4.69, 9.17) is 16.0 Å². The summed E-state index contributed by atoms with van der Waals surface area (Å²) in [5, 5.41) is 0.293. The van der Waals surface area contributed by atoms with Gasteiger partial charge >= 0.3 is 0 Å². The van der Waals surface area contributed by atoms with Crippen LogP contribution < -0.4 is 9.80 Å². The van der Waals surface area contributed by atoms with Crippen LogP contribution in [0.3, 0.4) is 0 Å². The summed E-state index contributed by atoms with van der Waals surface area (Å²) in [5.74, 6) is -1.26. The second kappa shape index (κ2) is 9.31. The van der Waals surface area contributed by atoms with E-state index in [1.165, 1.54) is 30.3 Å². The Labute approximate surface area is 206 Å². The van der Waals surface area contributed by atoms with Crippen molar-refractivity contribution >= 4 is 33.0 Å². The van der Waals surface area contributed by atoms with Gasteiger partial charge in [-0.05, 0) is 54.6 Å². The molecule has 1 aliphatic heterocycles. The predicted octanol–water partition coefficient (Wildman–Crippen LogP) is 5.43. The fourth-order valence-corrected chi connectivity index (χ4v) is 5.49. The van der Waals surface area contributed by atoms with E-state index in [9.17, 15) is 17.2 Å². The lowest BCUT2D eigenvalue weighted by atomic mass is 10.2. The lowest BCUT2D eigenvalue weighted by molar-refractivity contribution is 0.521. The van der Waals surface area contributed by atoms with Crippen molar-refractivity contribution in [1.29, 1.82) is 0 Å². The zero-order valence-electron chi connectivity index (χ0n) is 18.4. The largest absolute Gasteiger partial charge is 0.419 e. The molecule has 1 fully saturated rings. The Morgan fingerprint density at radius 1 is 0.857 bits per heavy atom. The number of hydrogen-bond acceptors (Lipinski definition) is 6. The molecule has 0 spiro atoms. The lowest BCUT2D eigenvalue weighted by Gasteiger charge is -2.36. The normalized spacial score (nSPS) is 14.4. The fourth-order valence-electron chi connectivity index (χ4n) is 3.99. The predicted molar refractivity (Wildman–Crippen MR) is 130 cm³/mol. The number of rotatable bonds is 5. The molecule has 0 radical (unpaired) electrons. The first-order valence-corrected chi connectivity index (χ1v) is 12.7. The molecule has 0 N–H and O–H groups in total. The van der Waals surface area contributed by atoms with Crippen LogP contribution in [-0.4, -0.2) is 39.6 Å². The van der Waals surface area contributed by atoms with Crippen molar-refractivity contribution in [2.45, 2.75) is 9.92 Å². The van der Waals surface area contributed by atoms with Crippen LogP contribution in [0.15, 0.2) is 87.1 Å². The standard InChI is InChI=1S/C25H20ClF2N3O3S/c26-17-4-3-5-19(16-17)30-12-14-31(15-13-30)25-24(35(32,33)20-10-8-18(27)9-11-20)29-23(34-25)21-6-1-2-7-22(21)28/h1-11,16H,12-15H2. The summed E-state index contributed by atoms with van der Waals surface area (Å²) in [5.41, 5.74) is 1.01. The Hall–Kier alpha value is -3.43. The van der Waals surface area contributed by atoms with E-state index in [0.29, 0.717) is 31.2 Å². The van der Waals surface area contributed by atoms with E-state index in [1.807, 2.05) is 18.2 Å². The summed E-state index contributed by atoms with van der Waals surface area (Å²) in [6.07, 6.45) is 0. The van der Waals surface area contributed by atoms with Crippen LogP contribution in [0.5, 0.6) is 0 Å². The van der Waals surface area contributed by atoms with Crippen molar-refractivity contribution in [3.8, 4) is 11.5 Å². The maximum absolute atomic E-state index is 14.5. The quantitative estimate of drug-likeness (QED) is 0.330. The SMILES string of the molecule is O=S(=O)(c1ccc(F)cc1)c1nc(-c2ccccc2F)oc1N1CCN(c2cccc(Cl)c2)CC1. The van der Waals surface area contributed by atoms with Gasteiger partial charge in [0.25, 0.3) is 0 Å². The van der Waals surface area contributed by atoms with Gasteiger partial charge in [0.1, 0.15) is 11.6 Å². The van der Waals surface area contributed by atoms with E-state index in [-0.39, 0.29) is 27.3 Å². The van der Waals surface area contributed by atoms with Crippen LogP contribution >= 0.6 is 11.6 Å². The number of aromatic nitrogens is 1. The number of sulfone groups is 1. The molecule has 0 saturated carbocycles. The number of hydrogen-bond donors (Lipinski definition) is 0. The molecule has 3 aromatic carbocycles. The number of anilines is 2. The number of piperazine rings is 1. The molecule has 1 aromatic heterocycles. The maximum atomic E-state index is 14.5. The maximum Gasteiger partial charge on any atom is 0.236 e. The number of nitrogens with zero attached hydrogens (tertiary/aromatic N) is 3. The highest BCUT2D eigenvalue weighted by molar-refractivity contribution is 7.91.